The molecule has 2 unspecified atom stereocenters. The Morgan fingerprint density at radius 2 is 1.77 bits per heavy atom. The molecule has 0 aromatic heterocycles. The van der Waals surface area contributed by atoms with Crippen LogP contribution in [0.3, 0.4) is 0 Å². The van der Waals surface area contributed by atoms with Gasteiger partial charge in [-0.25, -0.2) is 0 Å². The van der Waals surface area contributed by atoms with Gasteiger partial charge in [0.1, 0.15) is 6.42 Å². The van der Waals surface area contributed by atoms with Crippen molar-refractivity contribution in [3.8, 4) is 0 Å². The van der Waals surface area contributed by atoms with E-state index in [0.717, 1.165) is 6.04 Å². The van der Waals surface area contributed by atoms with E-state index < -0.39 is 18.4 Å². The number of rotatable bonds is 3. The second-order valence-electron chi connectivity index (χ2n) is 5.69. The van der Waals surface area contributed by atoms with E-state index in [1.807, 2.05) is 0 Å². The van der Waals surface area contributed by atoms with Crippen LogP contribution >= 0.6 is 0 Å². The van der Waals surface area contributed by atoms with Crippen molar-refractivity contribution >= 4 is 17.5 Å². The van der Waals surface area contributed by atoms with Crippen molar-refractivity contribution in [2.24, 2.45) is 0 Å². The lowest BCUT2D eigenvalue weighted by Crippen LogP contribution is -2.34. The molecule has 1 aromatic rings. The van der Waals surface area contributed by atoms with Crippen molar-refractivity contribution in [3.05, 3.63) is 42.0 Å². The highest BCUT2D eigenvalue weighted by Gasteiger charge is 2.33. The van der Waals surface area contributed by atoms with Crippen molar-refractivity contribution in [2.45, 2.75) is 37.8 Å². The zero-order valence-corrected chi connectivity index (χ0v) is 12.6. The van der Waals surface area contributed by atoms with Crippen LogP contribution in [-0.2, 0) is 9.59 Å². The van der Waals surface area contributed by atoms with E-state index in [-0.39, 0.29) is 0 Å². The topological polar surface area (TPSA) is 77.8 Å². The monoisotopic (exact) mass is 303 g/mol. The third-order valence-electron chi connectivity index (χ3n) is 4.19. The van der Waals surface area contributed by atoms with Crippen molar-refractivity contribution in [3.63, 3.8) is 0 Å². The van der Waals surface area contributed by atoms with Gasteiger partial charge in [0.05, 0.1) is 0 Å². The van der Waals surface area contributed by atoms with Gasteiger partial charge in [0.15, 0.2) is 0 Å². The van der Waals surface area contributed by atoms with Crippen LogP contribution < -0.4 is 0 Å². The Hall–Kier alpha value is -2.14. The Balaban J connectivity index is 0.000000217. The molecule has 2 atom stereocenters. The molecule has 2 aliphatic rings. The zero-order valence-electron chi connectivity index (χ0n) is 12.6. The zero-order chi connectivity index (χ0) is 16.1. The van der Waals surface area contributed by atoms with E-state index in [4.69, 9.17) is 10.2 Å². The van der Waals surface area contributed by atoms with Crippen LogP contribution in [0.2, 0.25) is 0 Å². The van der Waals surface area contributed by atoms with Gasteiger partial charge in [0.2, 0.25) is 0 Å². The van der Waals surface area contributed by atoms with Crippen LogP contribution in [0.1, 0.15) is 31.2 Å². The second kappa shape index (κ2) is 7.22. The molecule has 22 heavy (non-hydrogen) atoms. The van der Waals surface area contributed by atoms with Crippen LogP contribution in [0.15, 0.2) is 36.4 Å². The average molecular weight is 303 g/mol. The smallest absolute Gasteiger partial charge is 0.314 e. The minimum atomic E-state index is -1.31. The predicted molar refractivity (Wildman–Crippen MR) is 83.5 cm³/mol. The summed E-state index contributed by atoms with van der Waals surface area (Å²) in [6, 6.07) is 12.3. The lowest BCUT2D eigenvalue weighted by molar-refractivity contribution is -0.147. The largest absolute Gasteiger partial charge is 0.481 e. The first-order valence-electron chi connectivity index (χ1n) is 7.39. The lowest BCUT2D eigenvalue weighted by atomic mass is 9.95. The Morgan fingerprint density at radius 3 is 2.27 bits per heavy atom. The number of fused-ring (bicyclic) bond motifs is 2. The summed E-state index contributed by atoms with van der Waals surface area (Å²) in [5.41, 5.74) is 2.98. The maximum Gasteiger partial charge on any atom is 0.314 e. The van der Waals surface area contributed by atoms with E-state index in [1.165, 1.54) is 24.8 Å². The number of nitrogens with zero attached hydrogens (tertiary/aromatic N) is 1. The molecular formula is C17H21NO4. The first-order valence-corrected chi connectivity index (χ1v) is 7.39. The third kappa shape index (κ3) is 4.18. The number of carbonyl (C=O) groups is 2. The molecule has 2 bridgehead atoms. The summed E-state index contributed by atoms with van der Waals surface area (Å²) in [5.74, 6) is -2.62. The summed E-state index contributed by atoms with van der Waals surface area (Å²) in [7, 11) is 2.26. The Bertz CT molecular complexity index is 555. The first kappa shape index (κ1) is 16.2. The van der Waals surface area contributed by atoms with Crippen molar-refractivity contribution in [2.75, 3.05) is 7.05 Å². The third-order valence-corrected chi connectivity index (χ3v) is 4.19. The average Bonchev–Trinajstić information content (AvgIpc) is 2.69. The minimum absolute atomic E-state index is 0.693. The molecule has 5 nitrogen and oxygen atoms in total. The fraction of sp³-hybridized carbons (Fsp3) is 0.412. The molecule has 118 valence electrons. The summed E-state index contributed by atoms with van der Waals surface area (Å²) in [5, 5.41) is 15.4. The standard InChI is InChI=1S/C14H17N.C3H4O4/c1-15-13-7-8-14(15)10-12(9-13)11-5-3-2-4-6-11;4-2(5)1-3(6)7/h2-6,9,13-14H,7-8,10H2,1H3;1H2,(H,4,5)(H,6,7). The van der Waals surface area contributed by atoms with Gasteiger partial charge in [-0.2, -0.15) is 0 Å². The molecular weight excluding hydrogens is 282 g/mol. The van der Waals surface area contributed by atoms with Crippen molar-refractivity contribution in [1.82, 2.24) is 4.90 Å². The number of hydrogen-bond acceptors (Lipinski definition) is 3. The molecule has 0 amide bonds. The Kier molecular flexibility index (Phi) is 5.33. The van der Waals surface area contributed by atoms with Gasteiger partial charge in [0.25, 0.3) is 0 Å². The maximum absolute atomic E-state index is 9.43. The van der Waals surface area contributed by atoms with Crippen LogP contribution in [0.5, 0.6) is 0 Å². The molecule has 2 heterocycles. The van der Waals surface area contributed by atoms with Gasteiger partial charge >= 0.3 is 11.9 Å². The molecule has 0 radical (unpaired) electrons. The summed E-state index contributed by atoms with van der Waals surface area (Å²) in [4.78, 5) is 21.4. The number of carboxylic acid groups (broad SMARTS) is 2. The van der Waals surface area contributed by atoms with Gasteiger partial charge in [-0.3, -0.25) is 14.5 Å². The summed E-state index contributed by atoms with van der Waals surface area (Å²) in [6.07, 6.45) is 5.61. The highest BCUT2D eigenvalue weighted by molar-refractivity contribution is 5.88. The van der Waals surface area contributed by atoms with Crippen LogP contribution in [0.4, 0.5) is 0 Å². The molecule has 0 saturated carbocycles. The molecule has 0 spiro atoms. The number of carboxylic acids is 2. The normalized spacial score (nSPS) is 23.2. The molecule has 0 aliphatic carbocycles. The van der Waals surface area contributed by atoms with Gasteiger partial charge in [-0.05, 0) is 37.4 Å². The van der Waals surface area contributed by atoms with Gasteiger partial charge in [0, 0.05) is 12.1 Å². The fourth-order valence-corrected chi connectivity index (χ4v) is 3.04. The molecule has 1 saturated heterocycles. The van der Waals surface area contributed by atoms with E-state index in [0.29, 0.717) is 6.04 Å². The van der Waals surface area contributed by atoms with E-state index >= 15 is 0 Å². The van der Waals surface area contributed by atoms with E-state index in [1.54, 1.807) is 5.57 Å². The minimum Gasteiger partial charge on any atom is -0.481 e. The lowest BCUT2D eigenvalue weighted by Gasteiger charge is -2.30. The van der Waals surface area contributed by atoms with Crippen LogP contribution in [-0.4, -0.2) is 46.2 Å². The van der Waals surface area contributed by atoms with Gasteiger partial charge < -0.3 is 10.2 Å². The number of aliphatic carboxylic acids is 2. The Labute approximate surface area is 129 Å². The van der Waals surface area contributed by atoms with Gasteiger partial charge in [-0.15, -0.1) is 0 Å². The molecule has 1 fully saturated rings. The van der Waals surface area contributed by atoms with E-state index in [9.17, 15) is 9.59 Å². The molecule has 5 heteroatoms. The molecule has 3 rings (SSSR count). The van der Waals surface area contributed by atoms with Crippen LogP contribution in [0, 0.1) is 0 Å². The van der Waals surface area contributed by atoms with E-state index in [2.05, 4.69) is 48.4 Å². The summed E-state index contributed by atoms with van der Waals surface area (Å²) >= 11 is 0. The maximum atomic E-state index is 9.43. The number of benzene rings is 1. The summed E-state index contributed by atoms with van der Waals surface area (Å²) < 4.78 is 0. The molecule has 2 aliphatic heterocycles. The Morgan fingerprint density at radius 1 is 1.14 bits per heavy atom. The number of likely N-dealkylation sites (N-methyl/N-ethyl adjacent to an activating group) is 1. The highest BCUT2D eigenvalue weighted by Crippen LogP contribution is 2.37. The quantitative estimate of drug-likeness (QED) is 0.839. The highest BCUT2D eigenvalue weighted by atomic mass is 16.4. The fourth-order valence-electron chi connectivity index (χ4n) is 3.04. The number of hydrogen-bond donors (Lipinski definition) is 2. The van der Waals surface area contributed by atoms with Crippen molar-refractivity contribution < 1.29 is 19.8 Å². The SMILES string of the molecule is CN1C2C=C(c3ccccc3)CC1CC2.O=C(O)CC(=O)O. The first-order chi connectivity index (χ1) is 10.5. The van der Waals surface area contributed by atoms with Crippen molar-refractivity contribution in [1.29, 1.82) is 0 Å². The predicted octanol–water partition coefficient (Wildman–Crippen LogP) is 2.48. The second-order valence-corrected chi connectivity index (χ2v) is 5.69. The summed E-state index contributed by atoms with van der Waals surface area (Å²) in [6.45, 7) is 0. The molecule has 2 N–H and O–H groups in total. The molecule has 1 aromatic carbocycles. The van der Waals surface area contributed by atoms with Crippen LogP contribution in [0.25, 0.3) is 5.57 Å². The van der Waals surface area contributed by atoms with Gasteiger partial charge in [-0.1, -0.05) is 36.4 Å².